The third kappa shape index (κ3) is 2.73. The second-order valence-electron chi connectivity index (χ2n) is 4.96. The summed E-state index contributed by atoms with van der Waals surface area (Å²) >= 11 is 0. The molecular formula is C18H14FNO3. The minimum absolute atomic E-state index is 0.228. The molecule has 0 radical (unpaired) electrons. The molecule has 5 heteroatoms. The minimum atomic E-state index is -0.520. The summed E-state index contributed by atoms with van der Waals surface area (Å²) in [7, 11) is 0. The van der Waals surface area contributed by atoms with Crippen molar-refractivity contribution in [3.63, 3.8) is 0 Å². The molecule has 0 unspecified atom stereocenters. The highest BCUT2D eigenvalue weighted by molar-refractivity contribution is 6.04. The number of aromatic nitrogens is 1. The third-order valence-electron chi connectivity index (χ3n) is 3.51. The van der Waals surface area contributed by atoms with Crippen LogP contribution in [0.5, 0.6) is 0 Å². The normalized spacial score (nSPS) is 10.7. The summed E-state index contributed by atoms with van der Waals surface area (Å²) in [5, 5.41) is 0.894. The highest BCUT2D eigenvalue weighted by Gasteiger charge is 2.16. The summed E-state index contributed by atoms with van der Waals surface area (Å²) in [4.78, 5) is 24.9. The lowest BCUT2D eigenvalue weighted by Crippen LogP contribution is -2.21. The van der Waals surface area contributed by atoms with E-state index >= 15 is 0 Å². The van der Waals surface area contributed by atoms with Crippen LogP contribution in [0.2, 0.25) is 0 Å². The molecule has 0 N–H and O–H groups in total. The number of ether oxygens (including phenoxy) is 1. The predicted octanol–water partition coefficient (Wildman–Crippen LogP) is 3.31. The van der Waals surface area contributed by atoms with E-state index in [9.17, 15) is 14.0 Å². The van der Waals surface area contributed by atoms with Crippen molar-refractivity contribution in [1.82, 2.24) is 4.57 Å². The largest absolute Gasteiger partial charge is 0.462 e. The quantitative estimate of drug-likeness (QED) is 0.697. The fourth-order valence-corrected chi connectivity index (χ4v) is 2.48. The zero-order valence-electron chi connectivity index (χ0n) is 12.5. The molecule has 3 rings (SSSR count). The van der Waals surface area contributed by atoms with Crippen LogP contribution in [0.3, 0.4) is 0 Å². The first-order valence-electron chi connectivity index (χ1n) is 7.19. The maximum absolute atomic E-state index is 13.5. The molecule has 0 spiro atoms. The summed E-state index contributed by atoms with van der Waals surface area (Å²) in [6.45, 7) is 1.94. The van der Waals surface area contributed by atoms with Crippen LogP contribution in [0.4, 0.5) is 4.39 Å². The fraction of sp³-hybridized carbons (Fsp3) is 0.111. The maximum Gasteiger partial charge on any atom is 0.340 e. The van der Waals surface area contributed by atoms with E-state index in [2.05, 4.69) is 0 Å². The molecule has 1 aromatic heterocycles. The Bertz CT molecular complexity index is 946. The smallest absolute Gasteiger partial charge is 0.340 e. The van der Waals surface area contributed by atoms with Crippen molar-refractivity contribution in [2.75, 3.05) is 6.61 Å². The van der Waals surface area contributed by atoms with E-state index in [4.69, 9.17) is 4.74 Å². The molecule has 0 amide bonds. The minimum Gasteiger partial charge on any atom is -0.462 e. The highest BCUT2D eigenvalue weighted by atomic mass is 19.1. The van der Waals surface area contributed by atoms with Crippen molar-refractivity contribution < 1.29 is 13.9 Å². The van der Waals surface area contributed by atoms with Crippen LogP contribution < -0.4 is 5.56 Å². The lowest BCUT2D eigenvalue weighted by molar-refractivity contribution is 0.0528. The van der Waals surface area contributed by atoms with E-state index in [0.29, 0.717) is 16.5 Å². The van der Waals surface area contributed by atoms with Crippen LogP contribution in [-0.2, 0) is 4.74 Å². The Morgan fingerprint density at radius 1 is 1.13 bits per heavy atom. The lowest BCUT2D eigenvalue weighted by atomic mass is 10.1. The Morgan fingerprint density at radius 2 is 1.87 bits per heavy atom. The van der Waals surface area contributed by atoms with Crippen molar-refractivity contribution in [3.8, 4) is 5.69 Å². The van der Waals surface area contributed by atoms with Crippen molar-refractivity contribution >= 4 is 16.7 Å². The first kappa shape index (κ1) is 15.0. The summed E-state index contributed by atoms with van der Waals surface area (Å²) in [6, 6.07) is 12.4. The number of benzene rings is 2. The molecule has 0 bridgehead atoms. The summed E-state index contributed by atoms with van der Waals surface area (Å²) < 4.78 is 19.8. The number of fused-ring (bicyclic) bond motifs is 1. The molecule has 0 aliphatic rings. The van der Waals surface area contributed by atoms with Gasteiger partial charge in [0.15, 0.2) is 0 Å². The van der Waals surface area contributed by atoms with Gasteiger partial charge in [0.1, 0.15) is 5.82 Å². The molecule has 4 nitrogen and oxygen atoms in total. The molecular weight excluding hydrogens is 297 g/mol. The molecule has 2 aromatic carbocycles. The van der Waals surface area contributed by atoms with Gasteiger partial charge < -0.3 is 4.74 Å². The number of hydrogen-bond donors (Lipinski definition) is 0. The number of rotatable bonds is 3. The second-order valence-corrected chi connectivity index (χ2v) is 4.96. The number of carbonyl (C=O) groups excluding carboxylic acids is 1. The number of halogens is 1. The number of esters is 1. The van der Waals surface area contributed by atoms with Gasteiger partial charge in [-0.3, -0.25) is 9.36 Å². The van der Waals surface area contributed by atoms with Gasteiger partial charge in [-0.15, -0.1) is 0 Å². The lowest BCUT2D eigenvalue weighted by Gasteiger charge is -2.12. The van der Waals surface area contributed by atoms with Crippen LogP contribution in [0.15, 0.2) is 59.5 Å². The summed E-state index contributed by atoms with van der Waals surface area (Å²) in [6.07, 6.45) is 1.40. The Kier molecular flexibility index (Phi) is 3.93. The Labute approximate surface area is 131 Å². The molecule has 0 saturated carbocycles. The van der Waals surface area contributed by atoms with E-state index in [1.54, 1.807) is 37.3 Å². The second kappa shape index (κ2) is 6.04. The van der Waals surface area contributed by atoms with Crippen LogP contribution >= 0.6 is 0 Å². The SMILES string of the molecule is CCOC(=O)c1cn(-c2cccc(F)c2)c(=O)c2ccccc12. The van der Waals surface area contributed by atoms with Gasteiger partial charge in [0.2, 0.25) is 0 Å². The summed E-state index contributed by atoms with van der Waals surface area (Å²) in [5.41, 5.74) is 0.303. The first-order chi connectivity index (χ1) is 11.1. The number of carbonyl (C=O) groups is 1. The van der Waals surface area contributed by atoms with E-state index in [-0.39, 0.29) is 17.7 Å². The number of nitrogens with zero attached hydrogens (tertiary/aromatic N) is 1. The van der Waals surface area contributed by atoms with Gasteiger partial charge in [-0.2, -0.15) is 0 Å². The van der Waals surface area contributed by atoms with E-state index in [1.165, 1.54) is 29.0 Å². The van der Waals surface area contributed by atoms with E-state index < -0.39 is 11.8 Å². The zero-order chi connectivity index (χ0) is 16.4. The van der Waals surface area contributed by atoms with Crippen LogP contribution in [0.25, 0.3) is 16.5 Å². The zero-order valence-corrected chi connectivity index (χ0v) is 12.5. The Morgan fingerprint density at radius 3 is 2.57 bits per heavy atom. The molecule has 116 valence electrons. The van der Waals surface area contributed by atoms with Gasteiger partial charge in [-0.25, -0.2) is 9.18 Å². The van der Waals surface area contributed by atoms with Crippen LogP contribution in [0, 0.1) is 5.82 Å². The van der Waals surface area contributed by atoms with Crippen LogP contribution in [0.1, 0.15) is 17.3 Å². The molecule has 0 saturated heterocycles. The molecule has 0 aliphatic carbocycles. The average molecular weight is 311 g/mol. The topological polar surface area (TPSA) is 48.3 Å². The molecule has 0 aliphatic heterocycles. The van der Waals surface area contributed by atoms with Gasteiger partial charge in [0.25, 0.3) is 5.56 Å². The monoisotopic (exact) mass is 311 g/mol. The highest BCUT2D eigenvalue weighted by Crippen LogP contribution is 2.19. The third-order valence-corrected chi connectivity index (χ3v) is 3.51. The average Bonchev–Trinajstić information content (AvgIpc) is 2.55. The molecule has 23 heavy (non-hydrogen) atoms. The van der Waals surface area contributed by atoms with Crippen molar-refractivity contribution in [1.29, 1.82) is 0 Å². The Hall–Kier alpha value is -2.95. The number of pyridine rings is 1. The standard InChI is InChI=1S/C18H14FNO3/c1-2-23-18(22)16-11-20(13-7-5-6-12(19)10-13)17(21)15-9-4-3-8-14(15)16/h3-11H,2H2,1H3. The molecule has 0 atom stereocenters. The van der Waals surface area contributed by atoms with Gasteiger partial charge in [0.05, 0.1) is 17.9 Å². The summed E-state index contributed by atoms with van der Waals surface area (Å²) in [5.74, 6) is -0.978. The van der Waals surface area contributed by atoms with Crippen LogP contribution in [-0.4, -0.2) is 17.1 Å². The predicted molar refractivity (Wildman–Crippen MR) is 85.5 cm³/mol. The maximum atomic E-state index is 13.5. The first-order valence-corrected chi connectivity index (χ1v) is 7.19. The number of hydrogen-bond acceptors (Lipinski definition) is 3. The van der Waals surface area contributed by atoms with Gasteiger partial charge in [0, 0.05) is 17.0 Å². The van der Waals surface area contributed by atoms with Gasteiger partial charge >= 0.3 is 5.97 Å². The van der Waals surface area contributed by atoms with Crippen molar-refractivity contribution in [2.45, 2.75) is 6.92 Å². The van der Waals surface area contributed by atoms with Crippen molar-refractivity contribution in [3.05, 3.63) is 76.5 Å². The molecule has 0 fully saturated rings. The Balaban J connectivity index is 2.33. The van der Waals surface area contributed by atoms with Gasteiger partial charge in [-0.1, -0.05) is 24.3 Å². The fourth-order valence-electron chi connectivity index (χ4n) is 2.48. The molecule has 1 heterocycles. The van der Waals surface area contributed by atoms with Gasteiger partial charge in [-0.05, 0) is 31.2 Å². The van der Waals surface area contributed by atoms with E-state index in [1.807, 2.05) is 0 Å². The van der Waals surface area contributed by atoms with E-state index in [0.717, 1.165) is 0 Å². The van der Waals surface area contributed by atoms with Crippen molar-refractivity contribution in [2.24, 2.45) is 0 Å². The molecule has 3 aromatic rings.